The van der Waals surface area contributed by atoms with Gasteiger partial charge in [0.1, 0.15) is 6.04 Å². The van der Waals surface area contributed by atoms with E-state index >= 15 is 0 Å². The maximum atomic E-state index is 10.8. The molecule has 82 valence electrons. The van der Waals surface area contributed by atoms with E-state index in [-0.39, 0.29) is 12.6 Å². The topological polar surface area (TPSA) is 130 Å². The molecule has 0 saturated carbocycles. The lowest BCUT2D eigenvalue weighted by Crippen LogP contribution is -2.44. The molecule has 0 bridgehead atoms. The van der Waals surface area contributed by atoms with E-state index in [9.17, 15) is 14.2 Å². The van der Waals surface area contributed by atoms with Gasteiger partial charge >= 0.3 is 12.0 Å². The number of rotatable bonds is 5. The van der Waals surface area contributed by atoms with Crippen molar-refractivity contribution in [2.45, 2.75) is 12.5 Å². The Morgan fingerprint density at radius 2 is 2.07 bits per heavy atom. The maximum Gasteiger partial charge on any atom is 0.326 e. The highest BCUT2D eigenvalue weighted by Crippen LogP contribution is 2.35. The molecule has 2 amide bonds. The number of carboxylic acid groups (broad SMARTS) is 1. The van der Waals surface area contributed by atoms with E-state index < -0.39 is 25.4 Å². The van der Waals surface area contributed by atoms with Crippen molar-refractivity contribution in [2.75, 3.05) is 12.8 Å². The van der Waals surface area contributed by atoms with Crippen molar-refractivity contribution < 1.29 is 24.2 Å². The molecule has 2 atom stereocenters. The molecule has 14 heavy (non-hydrogen) atoms. The van der Waals surface area contributed by atoms with E-state index in [0.29, 0.717) is 0 Å². The van der Waals surface area contributed by atoms with Crippen LogP contribution >= 0.6 is 7.37 Å². The number of primary amides is 1. The van der Waals surface area contributed by atoms with Gasteiger partial charge in [-0.3, -0.25) is 4.57 Å². The second kappa shape index (κ2) is 4.97. The molecule has 0 aromatic rings. The first-order chi connectivity index (χ1) is 6.22. The van der Waals surface area contributed by atoms with Gasteiger partial charge in [-0.15, -0.1) is 0 Å². The van der Waals surface area contributed by atoms with Crippen molar-refractivity contribution in [1.82, 2.24) is 5.32 Å². The molecule has 0 aliphatic heterocycles. The minimum absolute atomic E-state index is 0.122. The molecule has 0 radical (unpaired) electrons. The van der Waals surface area contributed by atoms with Gasteiger partial charge in [-0.2, -0.15) is 0 Å². The van der Waals surface area contributed by atoms with Crippen LogP contribution in [0.1, 0.15) is 6.42 Å². The average molecular weight is 224 g/mol. The second-order valence-corrected chi connectivity index (χ2v) is 5.51. The molecule has 0 aliphatic carbocycles. The number of aliphatic carboxylic acids is 1. The average Bonchev–Trinajstić information content (AvgIpc) is 1.94. The Bertz CT molecular complexity index is 273. The number of nitrogens with two attached hydrogens (primary N) is 1. The van der Waals surface area contributed by atoms with E-state index in [0.717, 1.165) is 6.66 Å². The number of urea groups is 1. The van der Waals surface area contributed by atoms with Crippen LogP contribution < -0.4 is 11.1 Å². The number of carboxylic acids is 1. The zero-order valence-electron chi connectivity index (χ0n) is 7.64. The summed E-state index contributed by atoms with van der Waals surface area (Å²) in [5.41, 5.74) is 4.73. The highest BCUT2D eigenvalue weighted by molar-refractivity contribution is 7.57. The molecule has 0 aromatic carbocycles. The van der Waals surface area contributed by atoms with Gasteiger partial charge in [0.15, 0.2) is 7.37 Å². The van der Waals surface area contributed by atoms with E-state index in [2.05, 4.69) is 0 Å². The van der Waals surface area contributed by atoms with Gasteiger partial charge in [0.05, 0.1) is 0 Å². The van der Waals surface area contributed by atoms with Crippen molar-refractivity contribution in [1.29, 1.82) is 0 Å². The Kier molecular flexibility index (Phi) is 4.59. The first-order valence-corrected chi connectivity index (χ1v) is 6.09. The lowest BCUT2D eigenvalue weighted by Gasteiger charge is -2.13. The molecular formula is C6H13N2O5P. The van der Waals surface area contributed by atoms with Crippen LogP contribution in [0, 0.1) is 0 Å². The van der Waals surface area contributed by atoms with E-state index in [1.807, 2.05) is 5.32 Å². The predicted octanol–water partition coefficient (Wildman–Crippen LogP) is -0.602. The lowest BCUT2D eigenvalue weighted by atomic mass is 10.2. The normalized spacial score (nSPS) is 16.7. The Labute approximate surface area is 80.7 Å². The summed E-state index contributed by atoms with van der Waals surface area (Å²) >= 11 is 0. The molecule has 0 aliphatic rings. The fourth-order valence-electron chi connectivity index (χ4n) is 0.798. The number of nitrogens with one attached hydrogen (secondary N) is 1. The minimum Gasteiger partial charge on any atom is -0.480 e. The Morgan fingerprint density at radius 1 is 1.57 bits per heavy atom. The molecule has 1 unspecified atom stereocenters. The first kappa shape index (κ1) is 12.9. The molecule has 0 spiro atoms. The fourth-order valence-corrected chi connectivity index (χ4v) is 1.54. The van der Waals surface area contributed by atoms with Crippen molar-refractivity contribution in [3.05, 3.63) is 0 Å². The summed E-state index contributed by atoms with van der Waals surface area (Å²) in [6.45, 7) is 1.12. The molecule has 7 nitrogen and oxygen atoms in total. The third-order valence-electron chi connectivity index (χ3n) is 1.45. The van der Waals surface area contributed by atoms with Gasteiger partial charge in [0.25, 0.3) is 0 Å². The van der Waals surface area contributed by atoms with Crippen LogP contribution in [0.4, 0.5) is 4.79 Å². The highest BCUT2D eigenvalue weighted by atomic mass is 31.2. The van der Waals surface area contributed by atoms with Crippen LogP contribution in [0.2, 0.25) is 0 Å². The number of carbonyl (C=O) groups excluding carboxylic acids is 1. The van der Waals surface area contributed by atoms with Crippen LogP contribution in [-0.4, -0.2) is 40.9 Å². The van der Waals surface area contributed by atoms with E-state index in [1.54, 1.807) is 0 Å². The van der Waals surface area contributed by atoms with Gasteiger partial charge in [0, 0.05) is 12.8 Å². The van der Waals surface area contributed by atoms with Crippen molar-refractivity contribution in [3.63, 3.8) is 0 Å². The fraction of sp³-hybridized carbons (Fsp3) is 0.667. The summed E-state index contributed by atoms with van der Waals surface area (Å²) in [7, 11) is -3.26. The Morgan fingerprint density at radius 3 is 2.36 bits per heavy atom. The summed E-state index contributed by atoms with van der Waals surface area (Å²) in [5, 5.41) is 10.5. The molecule has 5 N–H and O–H groups in total. The van der Waals surface area contributed by atoms with Crippen molar-refractivity contribution in [2.24, 2.45) is 5.73 Å². The standard InChI is InChI=1S/C6H13N2O5P/c1-14(12,13)3-2-4(5(9)10)8-6(7)11/h4H,2-3H2,1H3,(H,9,10)(H,12,13)(H3,7,8,11)/t4-/m1/s1. The number of carbonyl (C=O) groups is 2. The summed E-state index contributed by atoms with van der Waals surface area (Å²) in [6.07, 6.45) is -0.299. The zero-order chi connectivity index (χ0) is 11.4. The SMILES string of the molecule is CP(=O)(O)CC[C@@H](NC(N)=O)C(=O)O. The van der Waals surface area contributed by atoms with Gasteiger partial charge in [-0.25, -0.2) is 9.59 Å². The van der Waals surface area contributed by atoms with Crippen molar-refractivity contribution in [3.8, 4) is 0 Å². The number of hydrogen-bond acceptors (Lipinski definition) is 3. The summed E-state index contributed by atoms with van der Waals surface area (Å²) in [6, 6.07) is -2.19. The minimum atomic E-state index is -3.26. The third-order valence-corrected chi connectivity index (χ3v) is 2.54. The highest BCUT2D eigenvalue weighted by Gasteiger charge is 2.21. The Hall–Kier alpha value is -1.07. The molecular weight excluding hydrogens is 211 g/mol. The van der Waals surface area contributed by atoms with Crippen LogP contribution in [0.25, 0.3) is 0 Å². The van der Waals surface area contributed by atoms with Gasteiger partial charge in [-0.1, -0.05) is 0 Å². The predicted molar refractivity (Wildman–Crippen MR) is 49.4 cm³/mol. The van der Waals surface area contributed by atoms with Gasteiger partial charge in [-0.05, 0) is 6.42 Å². The molecule has 0 heterocycles. The molecule has 0 fully saturated rings. The summed E-state index contributed by atoms with van der Waals surface area (Å²) in [5.74, 6) is -1.28. The smallest absolute Gasteiger partial charge is 0.326 e. The molecule has 0 saturated heterocycles. The number of amides is 2. The van der Waals surface area contributed by atoms with E-state index in [4.69, 9.17) is 15.7 Å². The summed E-state index contributed by atoms with van der Waals surface area (Å²) < 4.78 is 10.8. The molecule has 0 rings (SSSR count). The van der Waals surface area contributed by atoms with Crippen molar-refractivity contribution >= 4 is 19.4 Å². The summed E-state index contributed by atoms with van der Waals surface area (Å²) in [4.78, 5) is 29.8. The monoisotopic (exact) mass is 224 g/mol. The Balaban J connectivity index is 4.18. The second-order valence-electron chi connectivity index (χ2n) is 2.96. The first-order valence-electron chi connectivity index (χ1n) is 3.80. The molecule has 8 heteroatoms. The van der Waals surface area contributed by atoms with Crippen LogP contribution in [-0.2, 0) is 9.36 Å². The third kappa shape index (κ3) is 6.45. The largest absolute Gasteiger partial charge is 0.480 e. The van der Waals surface area contributed by atoms with Crippen LogP contribution in [0.5, 0.6) is 0 Å². The van der Waals surface area contributed by atoms with E-state index in [1.165, 1.54) is 0 Å². The number of hydrogen-bond donors (Lipinski definition) is 4. The molecule has 0 aromatic heterocycles. The van der Waals surface area contributed by atoms with Crippen LogP contribution in [0.3, 0.4) is 0 Å². The van der Waals surface area contributed by atoms with Gasteiger partial charge in [0.2, 0.25) is 0 Å². The van der Waals surface area contributed by atoms with Gasteiger partial charge < -0.3 is 21.1 Å². The maximum absolute atomic E-state index is 10.8. The van der Waals surface area contributed by atoms with Crippen LogP contribution in [0.15, 0.2) is 0 Å². The quantitative estimate of drug-likeness (QED) is 0.463. The zero-order valence-corrected chi connectivity index (χ0v) is 8.53. The lowest BCUT2D eigenvalue weighted by molar-refractivity contribution is -0.139.